The molecule has 0 aromatic carbocycles. The standard InChI is InChI=1S/C44H70O8/c1-27(2)28-14-19-44(26-51-35(49)24-38(3,4)22-33(45)46)21-20-42(10)29(37(28)44)12-13-31-41(9)17-16-32(40(7,8)30(41)15-18-43(31,42)11)52-36(50)25-39(5,6)23-34(47)48/h28-32,37H,1,12-26H2,2-11H3,(H,45,46)(H,47,48)/t28-,29?,30?,31?,32-,37?,41-,42+,43+,44+/m0/s1. The molecule has 0 spiro atoms. The second-order valence-electron chi connectivity index (χ2n) is 21.4. The highest BCUT2D eigenvalue weighted by Crippen LogP contribution is 2.77. The molecule has 52 heavy (non-hydrogen) atoms. The Morgan fingerprint density at radius 3 is 1.87 bits per heavy atom. The molecule has 5 rings (SSSR count). The molecule has 10 atom stereocenters. The summed E-state index contributed by atoms with van der Waals surface area (Å²) in [6.07, 6.45) is 10.6. The fourth-order valence-corrected chi connectivity index (χ4v) is 13.9. The predicted octanol–water partition coefficient (Wildman–Crippen LogP) is 9.88. The smallest absolute Gasteiger partial charge is 0.306 e. The van der Waals surface area contributed by atoms with Crippen LogP contribution in [0.2, 0.25) is 0 Å². The lowest BCUT2D eigenvalue weighted by Gasteiger charge is -2.73. The minimum Gasteiger partial charge on any atom is -0.481 e. The number of ether oxygens (including phenoxy) is 2. The average molecular weight is 727 g/mol. The summed E-state index contributed by atoms with van der Waals surface area (Å²) in [6.45, 7) is 26.8. The third-order valence-corrected chi connectivity index (χ3v) is 16.5. The topological polar surface area (TPSA) is 127 Å². The van der Waals surface area contributed by atoms with E-state index in [0.717, 1.165) is 57.8 Å². The molecule has 0 radical (unpaired) electrons. The Balaban J connectivity index is 1.36. The molecule has 0 saturated heterocycles. The largest absolute Gasteiger partial charge is 0.481 e. The van der Waals surface area contributed by atoms with Crippen molar-refractivity contribution in [2.75, 3.05) is 6.61 Å². The minimum atomic E-state index is -0.899. The van der Waals surface area contributed by atoms with Crippen molar-refractivity contribution in [1.82, 2.24) is 0 Å². The Bertz CT molecular complexity index is 1440. The number of aliphatic carboxylic acids is 2. The Kier molecular flexibility index (Phi) is 10.8. The maximum absolute atomic E-state index is 13.2. The lowest BCUT2D eigenvalue weighted by Crippen LogP contribution is -2.67. The van der Waals surface area contributed by atoms with Gasteiger partial charge >= 0.3 is 23.9 Å². The van der Waals surface area contributed by atoms with E-state index in [1.165, 1.54) is 12.0 Å². The lowest BCUT2D eigenvalue weighted by molar-refractivity contribution is -0.252. The zero-order valence-electron chi connectivity index (χ0n) is 34.1. The number of allylic oxidation sites excluding steroid dienone is 1. The predicted molar refractivity (Wildman–Crippen MR) is 201 cm³/mol. The maximum atomic E-state index is 13.2. The number of fused-ring (bicyclic) bond motifs is 7. The van der Waals surface area contributed by atoms with Crippen molar-refractivity contribution in [2.24, 2.45) is 67.5 Å². The van der Waals surface area contributed by atoms with Gasteiger partial charge in [0.15, 0.2) is 0 Å². The normalized spacial score (nSPS) is 39.6. The van der Waals surface area contributed by atoms with Crippen molar-refractivity contribution in [3.8, 4) is 0 Å². The highest BCUT2D eigenvalue weighted by Gasteiger charge is 2.71. The Hall–Kier alpha value is -2.38. The first kappa shape index (κ1) is 40.8. The molecule has 0 heterocycles. The van der Waals surface area contributed by atoms with Crippen molar-refractivity contribution in [1.29, 1.82) is 0 Å². The van der Waals surface area contributed by atoms with Crippen molar-refractivity contribution < 1.29 is 38.9 Å². The number of rotatable bonds is 12. The monoisotopic (exact) mass is 727 g/mol. The first-order valence-electron chi connectivity index (χ1n) is 20.3. The first-order valence-corrected chi connectivity index (χ1v) is 20.3. The van der Waals surface area contributed by atoms with Gasteiger partial charge in [-0.15, -0.1) is 0 Å². The van der Waals surface area contributed by atoms with Gasteiger partial charge < -0.3 is 19.7 Å². The van der Waals surface area contributed by atoms with Crippen LogP contribution in [0.15, 0.2) is 12.2 Å². The van der Waals surface area contributed by atoms with Gasteiger partial charge in [0.25, 0.3) is 0 Å². The quantitative estimate of drug-likeness (QED) is 0.150. The number of carboxylic acids is 2. The third-order valence-electron chi connectivity index (χ3n) is 16.5. The lowest BCUT2D eigenvalue weighted by atomic mass is 9.32. The molecule has 5 aliphatic carbocycles. The Labute approximate surface area is 313 Å². The van der Waals surface area contributed by atoms with E-state index < -0.39 is 22.8 Å². The molecular weight excluding hydrogens is 656 g/mol. The molecule has 0 aromatic heterocycles. The maximum Gasteiger partial charge on any atom is 0.306 e. The number of hydrogen-bond donors (Lipinski definition) is 2. The molecule has 8 nitrogen and oxygen atoms in total. The van der Waals surface area contributed by atoms with Gasteiger partial charge in [0.2, 0.25) is 0 Å². The van der Waals surface area contributed by atoms with E-state index in [0.29, 0.717) is 36.2 Å². The van der Waals surface area contributed by atoms with Crippen LogP contribution in [0.4, 0.5) is 0 Å². The van der Waals surface area contributed by atoms with E-state index in [1.54, 1.807) is 0 Å². The second kappa shape index (κ2) is 13.7. The van der Waals surface area contributed by atoms with Gasteiger partial charge in [0.1, 0.15) is 6.10 Å². The summed E-state index contributed by atoms with van der Waals surface area (Å²) in [5, 5.41) is 18.7. The Morgan fingerprint density at radius 1 is 0.692 bits per heavy atom. The molecule has 294 valence electrons. The van der Waals surface area contributed by atoms with Gasteiger partial charge in [0, 0.05) is 10.8 Å². The number of hydrogen-bond acceptors (Lipinski definition) is 6. The molecule has 5 saturated carbocycles. The summed E-state index contributed by atoms with van der Waals surface area (Å²) in [4.78, 5) is 49.2. The fraction of sp³-hybridized carbons (Fsp3) is 0.864. The van der Waals surface area contributed by atoms with Crippen molar-refractivity contribution in [2.45, 2.75) is 165 Å². The van der Waals surface area contributed by atoms with Gasteiger partial charge in [-0.1, -0.05) is 74.5 Å². The summed E-state index contributed by atoms with van der Waals surface area (Å²) in [7, 11) is 0. The second-order valence-corrected chi connectivity index (χ2v) is 21.4. The van der Waals surface area contributed by atoms with Crippen LogP contribution in [0.25, 0.3) is 0 Å². The summed E-state index contributed by atoms with van der Waals surface area (Å²) in [5.41, 5.74) is 0.0586. The molecule has 2 N–H and O–H groups in total. The van der Waals surface area contributed by atoms with Crippen LogP contribution in [0.3, 0.4) is 0 Å². The third kappa shape index (κ3) is 7.11. The molecule has 0 aliphatic heterocycles. The molecule has 4 unspecified atom stereocenters. The van der Waals surface area contributed by atoms with E-state index >= 15 is 0 Å². The number of carbonyl (C=O) groups is 4. The average Bonchev–Trinajstić information content (AvgIpc) is 3.36. The van der Waals surface area contributed by atoms with Gasteiger partial charge in [0.05, 0.1) is 32.3 Å². The summed E-state index contributed by atoms with van der Waals surface area (Å²) >= 11 is 0. The molecular formula is C44H70O8. The van der Waals surface area contributed by atoms with Gasteiger partial charge in [-0.3, -0.25) is 19.2 Å². The van der Waals surface area contributed by atoms with Gasteiger partial charge in [-0.2, -0.15) is 0 Å². The van der Waals surface area contributed by atoms with E-state index in [2.05, 4.69) is 48.1 Å². The Morgan fingerprint density at radius 2 is 1.29 bits per heavy atom. The fourth-order valence-electron chi connectivity index (χ4n) is 13.9. The zero-order chi connectivity index (χ0) is 38.9. The van der Waals surface area contributed by atoms with E-state index in [9.17, 15) is 29.4 Å². The summed E-state index contributed by atoms with van der Waals surface area (Å²) < 4.78 is 12.4. The number of carbonyl (C=O) groups excluding carboxylic acids is 2. The molecule has 0 amide bonds. The van der Waals surface area contributed by atoms with Gasteiger partial charge in [-0.05, 0) is 128 Å². The van der Waals surface area contributed by atoms with Crippen molar-refractivity contribution >= 4 is 23.9 Å². The molecule has 8 heteroatoms. The molecule has 5 aliphatic rings. The van der Waals surface area contributed by atoms with Crippen LogP contribution in [0, 0.1) is 67.5 Å². The summed E-state index contributed by atoms with van der Waals surface area (Å²) in [6, 6.07) is 0. The van der Waals surface area contributed by atoms with E-state index in [4.69, 9.17) is 9.47 Å². The zero-order valence-corrected chi connectivity index (χ0v) is 34.1. The van der Waals surface area contributed by atoms with Crippen LogP contribution in [0.5, 0.6) is 0 Å². The van der Waals surface area contributed by atoms with E-state index in [-0.39, 0.29) is 70.8 Å². The van der Waals surface area contributed by atoms with Crippen LogP contribution in [0.1, 0.15) is 159 Å². The van der Waals surface area contributed by atoms with Crippen LogP contribution < -0.4 is 0 Å². The van der Waals surface area contributed by atoms with Crippen molar-refractivity contribution in [3.05, 3.63) is 12.2 Å². The van der Waals surface area contributed by atoms with Gasteiger partial charge in [-0.25, -0.2) is 0 Å². The van der Waals surface area contributed by atoms with Crippen LogP contribution in [-0.2, 0) is 28.7 Å². The molecule has 0 bridgehead atoms. The van der Waals surface area contributed by atoms with E-state index in [1.807, 2.05) is 27.7 Å². The van der Waals surface area contributed by atoms with Crippen LogP contribution in [-0.4, -0.2) is 46.8 Å². The minimum absolute atomic E-state index is 0.0654. The number of carboxylic acid groups (broad SMARTS) is 2. The highest BCUT2D eigenvalue weighted by atomic mass is 16.5. The first-order chi connectivity index (χ1) is 23.8. The van der Waals surface area contributed by atoms with Crippen molar-refractivity contribution in [3.63, 3.8) is 0 Å². The highest BCUT2D eigenvalue weighted by molar-refractivity contribution is 5.74. The molecule has 5 fully saturated rings. The number of esters is 2. The van der Waals surface area contributed by atoms with Crippen LogP contribution >= 0.6 is 0 Å². The molecule has 0 aromatic rings. The summed E-state index contributed by atoms with van der Waals surface area (Å²) in [5.74, 6) is -0.0860. The SMILES string of the molecule is C=C(C)[C@@H]1CC[C@]2(COC(=O)CC(C)(C)CC(=O)O)CC[C@]3(C)C(CCC4[C@@]5(C)CC[C@H](OC(=O)CC(C)(C)CC(=O)O)C(C)(C)C5CC[C@]43C)C12.